The van der Waals surface area contributed by atoms with Crippen molar-refractivity contribution in [1.82, 2.24) is 15.5 Å². The van der Waals surface area contributed by atoms with Crippen molar-refractivity contribution in [1.29, 1.82) is 0 Å². The second-order valence-corrected chi connectivity index (χ2v) is 10.8. The number of hydrogen-bond acceptors (Lipinski definition) is 4. The first-order valence-electron chi connectivity index (χ1n) is 12.1. The van der Waals surface area contributed by atoms with E-state index in [4.69, 9.17) is 0 Å². The maximum absolute atomic E-state index is 13.2. The Labute approximate surface area is 185 Å². The van der Waals surface area contributed by atoms with Crippen LogP contribution in [0.2, 0.25) is 0 Å². The Morgan fingerprint density at radius 2 is 2.10 bits per heavy atom. The van der Waals surface area contributed by atoms with Crippen molar-refractivity contribution in [3.63, 3.8) is 0 Å². The van der Waals surface area contributed by atoms with Gasteiger partial charge in [0.05, 0.1) is 5.56 Å². The summed E-state index contributed by atoms with van der Waals surface area (Å²) in [6, 6.07) is 7.73. The summed E-state index contributed by atoms with van der Waals surface area (Å²) in [7, 11) is 0. The van der Waals surface area contributed by atoms with Crippen LogP contribution in [-0.2, 0) is 4.79 Å². The first-order chi connectivity index (χ1) is 14.9. The molecule has 6 heteroatoms. The van der Waals surface area contributed by atoms with Gasteiger partial charge in [-0.25, -0.2) is 0 Å². The van der Waals surface area contributed by atoms with Gasteiger partial charge in [0.25, 0.3) is 5.91 Å². The standard InChI is InChI=1S/C25H36N4O2/c1-17-6-5-12-29(15-17)13-11-26-23(31)20-14-18-9-10-24(20,2)16-25(18)27-21-8-4-3-7-19(21)22(30)28-25/h3-4,7-8,17-18,20,27H,5-6,9-16H2,1-2H3,(H,26,31)(H,28,30). The molecule has 2 bridgehead atoms. The Bertz CT molecular complexity index is 873. The molecule has 3 N–H and O–H groups in total. The van der Waals surface area contributed by atoms with Crippen molar-refractivity contribution in [3.8, 4) is 0 Å². The minimum absolute atomic E-state index is 0.00209. The van der Waals surface area contributed by atoms with Crippen LogP contribution in [0.3, 0.4) is 0 Å². The second kappa shape index (κ2) is 7.80. The molecular weight excluding hydrogens is 388 g/mol. The highest BCUT2D eigenvalue weighted by Crippen LogP contribution is 2.58. The second-order valence-electron chi connectivity index (χ2n) is 10.8. The molecule has 168 valence electrons. The summed E-state index contributed by atoms with van der Waals surface area (Å²) in [5, 5.41) is 10.2. The van der Waals surface area contributed by atoms with E-state index in [-0.39, 0.29) is 29.1 Å². The number of piperidine rings is 1. The zero-order valence-electron chi connectivity index (χ0n) is 18.9. The number of nitrogens with zero attached hydrogens (tertiary/aromatic N) is 1. The van der Waals surface area contributed by atoms with Gasteiger partial charge in [0.15, 0.2) is 0 Å². The molecule has 0 radical (unpaired) electrons. The van der Waals surface area contributed by atoms with Gasteiger partial charge >= 0.3 is 0 Å². The molecular formula is C25H36N4O2. The number of carbonyl (C=O) groups excluding carboxylic acids is 2. The van der Waals surface area contributed by atoms with Crippen LogP contribution < -0.4 is 16.0 Å². The molecule has 4 fully saturated rings. The smallest absolute Gasteiger partial charge is 0.255 e. The molecule has 1 saturated heterocycles. The van der Waals surface area contributed by atoms with E-state index < -0.39 is 5.66 Å². The van der Waals surface area contributed by atoms with Gasteiger partial charge in [-0.15, -0.1) is 0 Å². The van der Waals surface area contributed by atoms with Gasteiger partial charge in [-0.2, -0.15) is 0 Å². The number of anilines is 1. The van der Waals surface area contributed by atoms with E-state index >= 15 is 0 Å². The fourth-order valence-corrected chi connectivity index (χ4v) is 6.80. The van der Waals surface area contributed by atoms with Crippen LogP contribution in [-0.4, -0.2) is 48.6 Å². The number of carbonyl (C=O) groups is 2. The average Bonchev–Trinajstić information content (AvgIpc) is 2.73. The van der Waals surface area contributed by atoms with Crippen LogP contribution in [0.25, 0.3) is 0 Å². The SMILES string of the molecule is CC1CCCN(CCNC(=O)C2CC3CCC2(C)CC32NC(=O)c3ccccc3N2)C1. The highest BCUT2D eigenvalue weighted by atomic mass is 16.2. The Balaban J connectivity index is 1.24. The fraction of sp³-hybridized carbons (Fsp3) is 0.680. The van der Waals surface area contributed by atoms with Gasteiger partial charge in [-0.3, -0.25) is 9.59 Å². The Morgan fingerprint density at radius 1 is 1.26 bits per heavy atom. The van der Waals surface area contributed by atoms with E-state index in [1.807, 2.05) is 24.3 Å². The molecule has 31 heavy (non-hydrogen) atoms. The zero-order valence-corrected chi connectivity index (χ0v) is 18.9. The minimum atomic E-state index is -0.431. The van der Waals surface area contributed by atoms with Crippen LogP contribution in [0.1, 0.15) is 62.7 Å². The third kappa shape index (κ3) is 3.73. The van der Waals surface area contributed by atoms with Crippen molar-refractivity contribution in [2.45, 2.75) is 58.0 Å². The molecule has 2 aliphatic heterocycles. The molecule has 6 nitrogen and oxygen atoms in total. The fourth-order valence-electron chi connectivity index (χ4n) is 6.80. The average molecular weight is 425 g/mol. The number of hydrogen-bond donors (Lipinski definition) is 3. The normalized spacial score (nSPS) is 37.1. The monoisotopic (exact) mass is 424 g/mol. The van der Waals surface area contributed by atoms with Crippen molar-refractivity contribution in [2.75, 3.05) is 31.5 Å². The van der Waals surface area contributed by atoms with Gasteiger partial charge in [0, 0.05) is 37.2 Å². The molecule has 6 rings (SSSR count). The molecule has 1 aromatic rings. The molecule has 5 aliphatic rings. The third-order valence-corrected chi connectivity index (χ3v) is 8.46. The molecule has 3 aliphatic carbocycles. The Kier molecular flexibility index (Phi) is 5.24. The molecule has 0 aromatic heterocycles. The largest absolute Gasteiger partial charge is 0.362 e. The van der Waals surface area contributed by atoms with E-state index in [2.05, 4.69) is 34.7 Å². The quantitative estimate of drug-likeness (QED) is 0.694. The Morgan fingerprint density at radius 3 is 2.90 bits per heavy atom. The summed E-state index contributed by atoms with van der Waals surface area (Å²) >= 11 is 0. The van der Waals surface area contributed by atoms with Crippen molar-refractivity contribution in [2.24, 2.45) is 23.2 Å². The predicted molar refractivity (Wildman–Crippen MR) is 122 cm³/mol. The lowest BCUT2D eigenvalue weighted by Crippen LogP contribution is -2.70. The molecule has 2 amide bonds. The molecule has 3 saturated carbocycles. The summed E-state index contributed by atoms with van der Waals surface area (Å²) in [5.41, 5.74) is 1.09. The van der Waals surface area contributed by atoms with Gasteiger partial charge in [0.2, 0.25) is 5.91 Å². The third-order valence-electron chi connectivity index (χ3n) is 8.46. The number of fused-ring (bicyclic) bond motifs is 3. The molecule has 1 spiro atoms. The van der Waals surface area contributed by atoms with E-state index in [9.17, 15) is 9.59 Å². The number of nitrogens with one attached hydrogen (secondary N) is 3. The molecule has 5 unspecified atom stereocenters. The summed E-state index contributed by atoms with van der Waals surface area (Å²) in [4.78, 5) is 28.5. The van der Waals surface area contributed by atoms with Crippen molar-refractivity contribution >= 4 is 17.5 Å². The zero-order chi connectivity index (χ0) is 21.6. The lowest BCUT2D eigenvalue weighted by Gasteiger charge is -2.60. The number of amides is 2. The molecule has 2 heterocycles. The van der Waals surface area contributed by atoms with Gasteiger partial charge in [0.1, 0.15) is 5.66 Å². The lowest BCUT2D eigenvalue weighted by molar-refractivity contribution is -0.139. The molecule has 1 aromatic carbocycles. The Hall–Kier alpha value is -2.08. The van der Waals surface area contributed by atoms with Gasteiger partial charge in [-0.05, 0) is 68.5 Å². The summed E-state index contributed by atoms with van der Waals surface area (Å²) in [6.07, 6.45) is 6.30. The highest BCUT2D eigenvalue weighted by Gasteiger charge is 2.60. The lowest BCUT2D eigenvalue weighted by atomic mass is 9.51. The highest BCUT2D eigenvalue weighted by molar-refractivity contribution is 6.02. The van der Waals surface area contributed by atoms with Crippen LogP contribution in [0.15, 0.2) is 24.3 Å². The summed E-state index contributed by atoms with van der Waals surface area (Å²) < 4.78 is 0. The first kappa shape index (κ1) is 20.8. The first-order valence-corrected chi connectivity index (χ1v) is 12.1. The van der Waals surface area contributed by atoms with E-state index in [0.717, 1.165) is 63.5 Å². The van der Waals surface area contributed by atoms with Gasteiger partial charge in [-0.1, -0.05) is 26.0 Å². The molecule has 5 atom stereocenters. The number of likely N-dealkylation sites (tertiary alicyclic amines) is 1. The van der Waals surface area contributed by atoms with E-state index in [0.29, 0.717) is 5.56 Å². The van der Waals surface area contributed by atoms with Crippen LogP contribution in [0.5, 0.6) is 0 Å². The van der Waals surface area contributed by atoms with E-state index in [1.54, 1.807) is 0 Å². The number of benzene rings is 1. The van der Waals surface area contributed by atoms with Crippen molar-refractivity contribution < 1.29 is 9.59 Å². The maximum atomic E-state index is 13.2. The van der Waals surface area contributed by atoms with Gasteiger partial charge < -0.3 is 20.9 Å². The summed E-state index contributed by atoms with van der Waals surface area (Å²) in [5.74, 6) is 1.26. The predicted octanol–water partition coefficient (Wildman–Crippen LogP) is 3.21. The van der Waals surface area contributed by atoms with Crippen LogP contribution in [0, 0.1) is 23.2 Å². The number of rotatable bonds is 4. The minimum Gasteiger partial charge on any atom is -0.362 e. The van der Waals surface area contributed by atoms with Crippen molar-refractivity contribution in [3.05, 3.63) is 29.8 Å². The van der Waals surface area contributed by atoms with Crippen LogP contribution >= 0.6 is 0 Å². The van der Waals surface area contributed by atoms with E-state index in [1.165, 1.54) is 12.8 Å². The topological polar surface area (TPSA) is 73.5 Å². The maximum Gasteiger partial charge on any atom is 0.255 e. The number of para-hydroxylation sites is 1. The van der Waals surface area contributed by atoms with Crippen LogP contribution in [0.4, 0.5) is 5.69 Å². The summed E-state index contributed by atoms with van der Waals surface area (Å²) in [6.45, 7) is 8.54.